The first kappa shape index (κ1) is 61.5. The highest BCUT2D eigenvalue weighted by Gasteiger charge is 2.32. The quantitative estimate of drug-likeness (QED) is 0.163. The molecule has 18 bridgehead atoms. The first-order valence-corrected chi connectivity index (χ1v) is 31.4. The highest BCUT2D eigenvalue weighted by molar-refractivity contribution is 5.92. The summed E-state index contributed by atoms with van der Waals surface area (Å²) in [6.45, 7) is 6.95. The van der Waals surface area contributed by atoms with Crippen LogP contribution in [-0.2, 0) is 14.2 Å². The Bertz CT molecular complexity index is 4350. The van der Waals surface area contributed by atoms with E-state index in [0.29, 0.717) is 94.2 Å². The number of benzene rings is 6. The fourth-order valence-corrected chi connectivity index (χ4v) is 11.7. The zero-order valence-electron chi connectivity index (χ0n) is 52.3. The fourth-order valence-electron chi connectivity index (χ4n) is 11.7. The Morgan fingerprint density at radius 2 is 1.12 bits per heavy atom. The second kappa shape index (κ2) is 28.5. The molecule has 0 spiro atoms. The summed E-state index contributed by atoms with van der Waals surface area (Å²) in [5, 5.41) is 13.4. The molecule has 23 heteroatoms. The number of hydrogen-bond acceptors (Lipinski definition) is 22. The Kier molecular flexibility index (Phi) is 18.4. The number of rotatable bonds is 5. The average molecular weight is 1280 g/mol. The third-order valence-electron chi connectivity index (χ3n) is 16.4. The number of carboxylic acids is 1. The zero-order chi connectivity index (χ0) is 64.5. The molecular weight excluding hydrogens is 1210 g/mol. The first-order valence-electron chi connectivity index (χ1n) is 31.4. The minimum absolute atomic E-state index is 0.00402. The lowest BCUT2D eigenvalue weighted by Crippen LogP contribution is -2.44. The molecule has 2 N–H and O–H groups in total. The summed E-state index contributed by atoms with van der Waals surface area (Å²) in [5.74, 6) is 2.71. The lowest BCUT2D eigenvalue weighted by molar-refractivity contribution is 0.0374. The van der Waals surface area contributed by atoms with Crippen LogP contribution in [0.25, 0.3) is 44.9 Å². The van der Waals surface area contributed by atoms with Gasteiger partial charge in [-0.2, -0.15) is 0 Å². The molecule has 0 saturated carbocycles. The van der Waals surface area contributed by atoms with Crippen molar-refractivity contribution in [3.8, 4) is 79.4 Å². The van der Waals surface area contributed by atoms with Crippen molar-refractivity contribution in [2.75, 3.05) is 119 Å². The van der Waals surface area contributed by atoms with Crippen LogP contribution in [-0.4, -0.2) is 163 Å². The Labute approximate surface area is 548 Å². The molecule has 2 unspecified atom stereocenters. The van der Waals surface area contributed by atoms with Gasteiger partial charge in [0.15, 0.2) is 0 Å². The number of anilines is 7. The van der Waals surface area contributed by atoms with E-state index in [4.69, 9.17) is 67.6 Å². The largest absolute Gasteiger partial charge is 0.491 e. The molecule has 95 heavy (non-hydrogen) atoms. The van der Waals surface area contributed by atoms with Gasteiger partial charge in [0.25, 0.3) is 0 Å². The second-order valence-electron chi connectivity index (χ2n) is 22.8. The number of aromatic carboxylic acids is 1. The topological polar surface area (TPSA) is 236 Å². The lowest BCUT2D eigenvalue weighted by atomic mass is 10.0. The smallest absolute Gasteiger partial charge is 0.339 e. The van der Waals surface area contributed by atoms with Crippen LogP contribution in [0.3, 0.4) is 0 Å². The van der Waals surface area contributed by atoms with Gasteiger partial charge in [0.1, 0.15) is 79.7 Å². The van der Waals surface area contributed by atoms with Gasteiger partial charge in [0.2, 0.25) is 30.3 Å². The molecule has 6 aromatic carbocycles. The number of nitrogens with one attached hydrogen (secondary N) is 1. The summed E-state index contributed by atoms with van der Waals surface area (Å²) in [7, 11) is 2.14. The third-order valence-corrected chi connectivity index (χ3v) is 16.4. The second-order valence-corrected chi connectivity index (χ2v) is 22.8. The average Bonchev–Trinajstić information content (AvgIpc) is 1.09. The normalized spacial score (nSPS) is 17.2. The number of likely N-dealkylation sites (N-methyl/N-ethyl adjacent to an activating group) is 1. The molecule has 23 nitrogen and oxygen atoms in total. The number of fused-ring (bicyclic) bond motifs is 21. The van der Waals surface area contributed by atoms with Gasteiger partial charge in [-0.3, -0.25) is 14.8 Å². The maximum absolute atomic E-state index is 12.5. The minimum atomic E-state index is -1.15. The monoisotopic (exact) mass is 1280 g/mol. The molecule has 1 fully saturated rings. The zero-order valence-corrected chi connectivity index (χ0v) is 52.3. The number of pyridine rings is 1. The Morgan fingerprint density at radius 3 is 1.83 bits per heavy atom. The molecule has 4 aliphatic heterocycles. The Hall–Kier alpha value is -11.0. The van der Waals surface area contributed by atoms with E-state index in [1.807, 2.05) is 138 Å². The number of hydrogen-bond donors (Lipinski definition) is 2. The molecule has 8 heterocycles. The van der Waals surface area contributed by atoms with Crippen molar-refractivity contribution in [1.29, 1.82) is 0 Å². The molecule has 0 aliphatic carbocycles. The summed E-state index contributed by atoms with van der Waals surface area (Å²) >= 11 is 0. The van der Waals surface area contributed by atoms with Crippen LogP contribution in [0.15, 0.2) is 183 Å². The number of piperazine rings is 1. The molecule has 4 aromatic heterocycles. The number of carboxylic acid groups (broad SMARTS) is 1. The van der Waals surface area contributed by atoms with Crippen LogP contribution in [0.2, 0.25) is 0 Å². The van der Waals surface area contributed by atoms with Crippen LogP contribution in [0.1, 0.15) is 15.9 Å². The van der Waals surface area contributed by atoms with E-state index in [0.717, 1.165) is 59.7 Å². The molecule has 0 amide bonds. The summed E-state index contributed by atoms with van der Waals surface area (Å²) in [6.07, 6.45) is 6.74. The molecule has 0 radical (unpaired) electrons. The molecule has 2 atom stereocenters. The van der Waals surface area contributed by atoms with E-state index >= 15 is 0 Å². The van der Waals surface area contributed by atoms with Crippen LogP contribution in [0, 0.1) is 6.92 Å². The van der Waals surface area contributed by atoms with Gasteiger partial charge in [-0.05, 0) is 122 Å². The highest BCUT2D eigenvalue weighted by Crippen LogP contribution is 2.41. The van der Waals surface area contributed by atoms with Gasteiger partial charge >= 0.3 is 5.97 Å². The number of nitrogens with zero attached hydrogens (tertiary/aromatic N) is 11. The van der Waals surface area contributed by atoms with Gasteiger partial charge in [0.05, 0.1) is 60.6 Å². The molecule has 482 valence electrons. The minimum Gasteiger partial charge on any atom is -0.491 e. The van der Waals surface area contributed by atoms with E-state index in [1.165, 1.54) is 6.07 Å². The molecule has 1 saturated heterocycles. The van der Waals surface area contributed by atoms with Crippen LogP contribution < -0.4 is 48.4 Å². The predicted molar refractivity (Wildman–Crippen MR) is 357 cm³/mol. The van der Waals surface area contributed by atoms with Crippen LogP contribution in [0.5, 0.6) is 34.5 Å². The van der Waals surface area contributed by atoms with E-state index in [-0.39, 0.29) is 69.5 Å². The van der Waals surface area contributed by atoms with Crippen molar-refractivity contribution in [3.63, 3.8) is 0 Å². The number of aromatic nitrogens is 7. The van der Waals surface area contributed by atoms with E-state index in [1.54, 1.807) is 43.0 Å². The van der Waals surface area contributed by atoms with Gasteiger partial charge in [-0.15, -0.1) is 0 Å². The third kappa shape index (κ3) is 14.3. The van der Waals surface area contributed by atoms with Crippen LogP contribution in [0.4, 0.5) is 40.6 Å². The molecule has 14 rings (SSSR count). The number of aryl methyl sites for hydroxylation is 1. The van der Waals surface area contributed by atoms with Crippen LogP contribution >= 0.6 is 0 Å². The van der Waals surface area contributed by atoms with Crippen molar-refractivity contribution >= 4 is 46.6 Å². The predicted octanol–water partition coefficient (Wildman–Crippen LogP) is 11.3. The number of carbonyl (C=O) groups is 1. The van der Waals surface area contributed by atoms with Crippen molar-refractivity contribution in [1.82, 2.24) is 39.8 Å². The maximum atomic E-state index is 12.5. The summed E-state index contributed by atoms with van der Waals surface area (Å²) in [6, 6.07) is 47.4. The standard InChI is InChI=1S/C72H68N12O11/c1-47-44-76-72-80-68(47)51-8-5-9-55(40-51)90-34-30-87-31-35-93-65-43-54(14-17-62(65)82-28-26-81(2)27-29-82)84(72)67-46-89-33-37-92-64-42-53(13-16-58(64)48-18-22-73-23-19-48)83(71-75-25-21-61(79-71)50-7-4-11-57(39-50)95-67)66-45-88-32-36-91-63-41-52(12-15-59(63)69(85)86)77-70-74-24-20-60(78-70)49-6-3-10-56(38-49)94-66/h3-25,38-44,66-67H,26-37,45-46H2,1-2H3,(H,85,86)(H,74,77,78). The van der Waals surface area contributed by atoms with E-state index < -0.39 is 18.4 Å². The highest BCUT2D eigenvalue weighted by atomic mass is 16.6. The Morgan fingerprint density at radius 1 is 0.516 bits per heavy atom. The SMILES string of the molecule is Cc1cnc2nc1-c1cccc(c1)OCCOCCOc1cc(ccc1N1CCN(C)CC1)N2C1COCCOc2cc(ccc2-c2ccncc2)N(C2COCCOc3cc(ccc3C(=O)O)Nc3nccc(n3)-c3cccc(c3)O2)c2nccc(n2)-c2cccc(c2)O1. The lowest BCUT2D eigenvalue weighted by Gasteiger charge is -2.36. The van der Waals surface area contributed by atoms with Crippen molar-refractivity contribution in [2.24, 2.45) is 0 Å². The van der Waals surface area contributed by atoms with E-state index in [2.05, 4.69) is 44.3 Å². The summed E-state index contributed by atoms with van der Waals surface area (Å²) < 4.78 is 59.7. The van der Waals surface area contributed by atoms with Gasteiger partial charge in [-0.1, -0.05) is 36.4 Å². The number of ether oxygens (including phenoxy) is 9. The van der Waals surface area contributed by atoms with E-state index in [9.17, 15) is 9.90 Å². The van der Waals surface area contributed by atoms with Gasteiger partial charge < -0.3 is 62.9 Å². The van der Waals surface area contributed by atoms with Gasteiger partial charge in [-0.25, -0.2) is 34.7 Å². The molecule has 10 aromatic rings. The van der Waals surface area contributed by atoms with Crippen molar-refractivity contribution < 1.29 is 52.5 Å². The van der Waals surface area contributed by atoms with Gasteiger partial charge in [0, 0.05) is 103 Å². The molecular formula is C72H68N12O11. The van der Waals surface area contributed by atoms with Crippen molar-refractivity contribution in [2.45, 2.75) is 19.4 Å². The maximum Gasteiger partial charge on any atom is 0.339 e. The first-order chi connectivity index (χ1) is 46.7. The summed E-state index contributed by atoms with van der Waals surface area (Å²) in [5.41, 5.74) is 9.38. The fraction of sp³-hybridized carbons (Fsp3) is 0.250. The molecule has 4 aliphatic rings. The Balaban J connectivity index is 0.878. The van der Waals surface area contributed by atoms with Crippen molar-refractivity contribution in [3.05, 3.63) is 194 Å². The summed E-state index contributed by atoms with van der Waals surface area (Å²) in [4.78, 5) is 55.3.